The van der Waals surface area contributed by atoms with Crippen molar-refractivity contribution in [2.75, 3.05) is 26.7 Å². The summed E-state index contributed by atoms with van der Waals surface area (Å²) in [7, 11) is 1.60. The zero-order chi connectivity index (χ0) is 26.5. The Labute approximate surface area is 209 Å². The van der Waals surface area contributed by atoms with Crippen LogP contribution < -0.4 is 5.73 Å². The number of likely N-dealkylation sites (tertiary alicyclic amines) is 1. The summed E-state index contributed by atoms with van der Waals surface area (Å²) in [6, 6.07) is 8.59. The largest absolute Gasteiger partial charge is 0.390 e. The van der Waals surface area contributed by atoms with Gasteiger partial charge in [0, 0.05) is 63.4 Å². The molecule has 1 saturated heterocycles. The highest BCUT2D eigenvalue weighted by Crippen LogP contribution is 2.36. The van der Waals surface area contributed by atoms with Crippen molar-refractivity contribution in [3.8, 4) is 22.6 Å². The number of carbonyl (C=O) groups is 2. The Morgan fingerprint density at radius 1 is 1.22 bits per heavy atom. The van der Waals surface area contributed by atoms with Gasteiger partial charge in [0.2, 0.25) is 5.60 Å². The molecule has 3 N–H and O–H groups in total. The van der Waals surface area contributed by atoms with E-state index in [1.165, 1.54) is 11.0 Å². The fourth-order valence-corrected chi connectivity index (χ4v) is 4.82. The van der Waals surface area contributed by atoms with Crippen LogP contribution in [0, 0.1) is 0 Å². The fraction of sp³-hybridized carbons (Fsp3) is 0.417. The Balaban J connectivity index is 1.45. The summed E-state index contributed by atoms with van der Waals surface area (Å²) in [6.45, 7) is 1.02. The average Bonchev–Trinajstić information content (AvgIpc) is 3.56. The number of rotatable bonds is 6. The van der Waals surface area contributed by atoms with Crippen LogP contribution in [0.5, 0.6) is 0 Å². The molecule has 196 valence electrons. The number of amides is 2. The van der Waals surface area contributed by atoms with Crippen molar-refractivity contribution in [1.29, 1.82) is 0 Å². The fourth-order valence-electron chi connectivity index (χ4n) is 4.82. The molecule has 13 heteroatoms. The third-order valence-corrected chi connectivity index (χ3v) is 6.87. The maximum absolute atomic E-state index is 12.7. The first-order valence-corrected chi connectivity index (χ1v) is 11.7. The van der Waals surface area contributed by atoms with Gasteiger partial charge < -0.3 is 24.8 Å². The van der Waals surface area contributed by atoms with Gasteiger partial charge in [-0.15, -0.1) is 0 Å². The van der Waals surface area contributed by atoms with Crippen LogP contribution in [0.3, 0.4) is 0 Å². The molecule has 0 bridgehead atoms. The van der Waals surface area contributed by atoms with Gasteiger partial charge in [-0.3, -0.25) is 14.5 Å². The SMILES string of the molecule is CN1CC[C@@](O)(c2cc(-c3cccc(-c4nc(C(N)=O)c5n4CCN(CCC(F)(F)F)C5)c3)no2)C1=O. The summed E-state index contributed by atoms with van der Waals surface area (Å²) in [5, 5.41) is 14.9. The van der Waals surface area contributed by atoms with Crippen LogP contribution in [0.4, 0.5) is 13.2 Å². The van der Waals surface area contributed by atoms with E-state index in [4.69, 9.17) is 10.3 Å². The molecule has 2 amide bonds. The molecule has 1 aromatic carbocycles. The van der Waals surface area contributed by atoms with Crippen molar-refractivity contribution < 1.29 is 32.4 Å². The molecule has 0 spiro atoms. The van der Waals surface area contributed by atoms with Crippen molar-refractivity contribution in [2.45, 2.75) is 37.7 Å². The molecule has 5 rings (SSSR count). The van der Waals surface area contributed by atoms with Crippen LogP contribution in [-0.2, 0) is 23.5 Å². The third kappa shape index (κ3) is 4.60. The van der Waals surface area contributed by atoms with Gasteiger partial charge in [0.15, 0.2) is 11.5 Å². The number of fused-ring (bicyclic) bond motifs is 1. The molecular formula is C24H25F3N6O4. The molecular weight excluding hydrogens is 493 g/mol. The molecule has 0 saturated carbocycles. The molecule has 2 aromatic heterocycles. The standard InChI is InChI=1S/C24H25F3N6O4/c1-31-7-5-23(36,22(31)35)18-12-16(30-37-18)14-3-2-4-15(11-14)21-29-19(20(28)34)17-13-32(9-10-33(17)21)8-6-24(25,26)27/h2-4,11-12,36H,5-10,13H2,1H3,(H2,28,34)/t23-/m1/s1. The third-order valence-electron chi connectivity index (χ3n) is 6.87. The molecule has 1 atom stereocenters. The predicted molar refractivity (Wildman–Crippen MR) is 124 cm³/mol. The number of hydrogen-bond acceptors (Lipinski definition) is 7. The van der Waals surface area contributed by atoms with Crippen LogP contribution in [0.2, 0.25) is 0 Å². The first-order chi connectivity index (χ1) is 17.5. The van der Waals surface area contributed by atoms with Crippen LogP contribution >= 0.6 is 0 Å². The lowest BCUT2D eigenvalue weighted by molar-refractivity contribution is -0.144. The molecule has 0 radical (unpaired) electrons. The number of carbonyl (C=O) groups excluding carboxylic acids is 2. The van der Waals surface area contributed by atoms with E-state index in [1.54, 1.807) is 40.8 Å². The van der Waals surface area contributed by atoms with E-state index in [9.17, 15) is 27.9 Å². The Kier molecular flexibility index (Phi) is 6.07. The van der Waals surface area contributed by atoms with Gasteiger partial charge in [0.05, 0.1) is 12.1 Å². The molecule has 2 aliphatic rings. The number of nitrogens with two attached hydrogens (primary N) is 1. The second-order valence-electron chi connectivity index (χ2n) is 9.38. The first-order valence-electron chi connectivity index (χ1n) is 11.7. The maximum Gasteiger partial charge on any atom is 0.390 e. The van der Waals surface area contributed by atoms with Gasteiger partial charge in [-0.1, -0.05) is 23.4 Å². The Hall–Kier alpha value is -3.71. The normalized spacial score (nSPS) is 20.5. The van der Waals surface area contributed by atoms with Crippen LogP contribution in [0.1, 0.15) is 34.8 Å². The molecule has 0 unspecified atom stereocenters. The topological polar surface area (TPSA) is 131 Å². The number of nitrogens with zero attached hydrogens (tertiary/aromatic N) is 5. The molecule has 37 heavy (non-hydrogen) atoms. The summed E-state index contributed by atoms with van der Waals surface area (Å²) in [4.78, 5) is 32.0. The van der Waals surface area contributed by atoms with Gasteiger partial charge in [-0.05, 0) is 6.07 Å². The smallest absolute Gasteiger partial charge is 0.373 e. The van der Waals surface area contributed by atoms with Crippen molar-refractivity contribution in [2.24, 2.45) is 5.73 Å². The summed E-state index contributed by atoms with van der Waals surface area (Å²) in [5.41, 5.74) is 5.91. The predicted octanol–water partition coefficient (Wildman–Crippen LogP) is 2.12. The van der Waals surface area contributed by atoms with Crippen molar-refractivity contribution in [3.63, 3.8) is 0 Å². The van der Waals surface area contributed by atoms with Crippen LogP contribution in [0.25, 0.3) is 22.6 Å². The molecule has 0 aliphatic carbocycles. The number of aromatic nitrogens is 3. The van der Waals surface area contributed by atoms with E-state index in [0.717, 1.165) is 0 Å². The Morgan fingerprint density at radius 2 is 1.97 bits per heavy atom. The summed E-state index contributed by atoms with van der Waals surface area (Å²) in [5.74, 6) is -0.716. The van der Waals surface area contributed by atoms with E-state index < -0.39 is 30.0 Å². The lowest BCUT2D eigenvalue weighted by Crippen LogP contribution is -2.36. The van der Waals surface area contributed by atoms with E-state index in [-0.39, 0.29) is 31.0 Å². The molecule has 1 fully saturated rings. The van der Waals surface area contributed by atoms with Gasteiger partial charge in [-0.25, -0.2) is 4.98 Å². The van der Waals surface area contributed by atoms with Crippen LogP contribution in [0.15, 0.2) is 34.9 Å². The van der Waals surface area contributed by atoms with E-state index in [1.807, 2.05) is 0 Å². The number of halogens is 3. The van der Waals surface area contributed by atoms with Gasteiger partial charge in [0.25, 0.3) is 11.8 Å². The van der Waals surface area contributed by atoms with E-state index >= 15 is 0 Å². The van der Waals surface area contributed by atoms with Gasteiger partial charge in [0.1, 0.15) is 11.5 Å². The minimum absolute atomic E-state index is 0.0203. The van der Waals surface area contributed by atoms with Gasteiger partial charge >= 0.3 is 6.18 Å². The van der Waals surface area contributed by atoms with Crippen molar-refractivity contribution in [3.05, 3.63) is 47.5 Å². The zero-order valence-corrected chi connectivity index (χ0v) is 20.0. The second kappa shape index (κ2) is 8.99. The lowest BCUT2D eigenvalue weighted by atomic mass is 9.98. The number of imidazole rings is 1. The molecule has 10 nitrogen and oxygen atoms in total. The molecule has 4 heterocycles. The quantitative estimate of drug-likeness (QED) is 0.511. The van der Waals surface area contributed by atoms with Crippen molar-refractivity contribution in [1.82, 2.24) is 24.5 Å². The molecule has 2 aliphatic heterocycles. The van der Waals surface area contributed by atoms with Crippen molar-refractivity contribution >= 4 is 11.8 Å². The van der Waals surface area contributed by atoms with E-state index in [0.29, 0.717) is 48.0 Å². The number of aliphatic hydroxyl groups is 1. The molecule has 3 aromatic rings. The highest BCUT2D eigenvalue weighted by atomic mass is 19.4. The summed E-state index contributed by atoms with van der Waals surface area (Å²) >= 11 is 0. The number of likely N-dealkylation sites (N-methyl/N-ethyl adjacent to an activating group) is 1. The average molecular weight is 518 g/mol. The van der Waals surface area contributed by atoms with Gasteiger partial charge in [-0.2, -0.15) is 13.2 Å². The zero-order valence-electron chi connectivity index (χ0n) is 20.0. The van der Waals surface area contributed by atoms with E-state index in [2.05, 4.69) is 10.1 Å². The Morgan fingerprint density at radius 3 is 2.65 bits per heavy atom. The number of primary amides is 1. The number of alkyl halides is 3. The monoisotopic (exact) mass is 518 g/mol. The Bertz CT molecular complexity index is 1370. The van der Waals surface area contributed by atoms with Crippen LogP contribution in [-0.4, -0.2) is 74.3 Å². The minimum atomic E-state index is -4.27. The number of benzene rings is 1. The summed E-state index contributed by atoms with van der Waals surface area (Å²) < 4.78 is 45.2. The second-order valence-corrected chi connectivity index (χ2v) is 9.38. The number of hydrogen-bond donors (Lipinski definition) is 2. The highest BCUT2D eigenvalue weighted by molar-refractivity contribution is 5.93. The summed E-state index contributed by atoms with van der Waals surface area (Å²) in [6.07, 6.45) is -5.03. The minimum Gasteiger partial charge on any atom is -0.373 e. The first kappa shape index (κ1) is 25.0. The lowest BCUT2D eigenvalue weighted by Gasteiger charge is -2.29. The highest BCUT2D eigenvalue weighted by Gasteiger charge is 2.48. The maximum atomic E-state index is 12.7.